The third-order valence-electron chi connectivity index (χ3n) is 16.4. The second-order valence-corrected chi connectivity index (χ2v) is 19.7. The van der Waals surface area contributed by atoms with Gasteiger partial charge in [0.05, 0.1) is 5.41 Å². The molecule has 6 heteroatoms. The van der Waals surface area contributed by atoms with Crippen LogP contribution in [0.2, 0.25) is 0 Å². The summed E-state index contributed by atoms with van der Waals surface area (Å²) in [4.78, 5) is 44.2. The van der Waals surface area contributed by atoms with Crippen LogP contribution in [0.3, 0.4) is 0 Å². The predicted octanol–water partition coefficient (Wildman–Crippen LogP) is 9.10. The minimum atomic E-state index is -0.353. The molecule has 4 saturated carbocycles. The molecule has 1 aromatic carbocycles. The third kappa shape index (κ3) is 5.75. The van der Waals surface area contributed by atoms with Crippen molar-refractivity contribution in [3.05, 3.63) is 53.6 Å². The van der Waals surface area contributed by atoms with Crippen molar-refractivity contribution >= 4 is 23.9 Å². The van der Waals surface area contributed by atoms with Crippen molar-refractivity contribution in [3.8, 4) is 0 Å². The highest BCUT2D eigenvalue weighted by Gasteiger charge is 2.69. The van der Waals surface area contributed by atoms with Gasteiger partial charge in [0.1, 0.15) is 6.10 Å². The minimum Gasteiger partial charge on any atom is -0.462 e. The van der Waals surface area contributed by atoms with Gasteiger partial charge in [0.15, 0.2) is 0 Å². The van der Waals surface area contributed by atoms with E-state index in [1.54, 1.807) is 18.6 Å². The van der Waals surface area contributed by atoms with Gasteiger partial charge in [-0.05, 0) is 115 Å². The van der Waals surface area contributed by atoms with E-state index in [4.69, 9.17) is 4.74 Å². The van der Waals surface area contributed by atoms with E-state index in [0.717, 1.165) is 56.9 Å². The topological polar surface area (TPSA) is 66.9 Å². The summed E-state index contributed by atoms with van der Waals surface area (Å²) < 4.78 is 5.97. The molecule has 7 rings (SSSR count). The molecule has 0 bridgehead atoms. The summed E-state index contributed by atoms with van der Waals surface area (Å²) in [5, 5.41) is 0. The molecule has 1 saturated heterocycles. The van der Waals surface area contributed by atoms with E-state index in [1.165, 1.54) is 12.8 Å². The fourth-order valence-electron chi connectivity index (χ4n) is 13.3. The zero-order valence-corrected chi connectivity index (χ0v) is 32.9. The van der Waals surface area contributed by atoms with Gasteiger partial charge < -0.3 is 14.5 Å². The molecule has 0 spiro atoms. The Bertz CT molecular complexity index is 1600. The smallest absolute Gasteiger partial charge is 0.302 e. The van der Waals surface area contributed by atoms with Crippen molar-refractivity contribution in [1.29, 1.82) is 0 Å². The number of ether oxygens (including phenoxy) is 1. The second-order valence-electron chi connectivity index (χ2n) is 19.7. The van der Waals surface area contributed by atoms with Crippen LogP contribution in [-0.4, -0.2) is 59.9 Å². The van der Waals surface area contributed by atoms with Crippen LogP contribution in [0.4, 0.5) is 0 Å². The Morgan fingerprint density at radius 2 is 1.45 bits per heavy atom. The number of hydrogen-bond acceptors (Lipinski definition) is 4. The van der Waals surface area contributed by atoms with Gasteiger partial charge in [-0.15, -0.1) is 0 Å². The molecule has 1 aliphatic heterocycles. The molecule has 0 unspecified atom stereocenters. The van der Waals surface area contributed by atoms with Gasteiger partial charge in [0.25, 0.3) is 0 Å². The molecule has 6 nitrogen and oxygen atoms in total. The summed E-state index contributed by atoms with van der Waals surface area (Å²) in [6.07, 6.45) is 16.8. The molecule has 8 atom stereocenters. The summed E-state index contributed by atoms with van der Waals surface area (Å²) in [7, 11) is 0. The Hall–Kier alpha value is -2.89. The molecule has 0 radical (unpaired) electrons. The van der Waals surface area contributed by atoms with Crippen molar-refractivity contribution in [2.45, 2.75) is 126 Å². The fraction of sp³-hybridized carbons (Fsp3) is 0.711. The maximum atomic E-state index is 15.0. The molecule has 0 aromatic heterocycles. The quantitative estimate of drug-likeness (QED) is 0.179. The van der Waals surface area contributed by atoms with Crippen LogP contribution in [-0.2, 0) is 19.1 Å². The van der Waals surface area contributed by atoms with Crippen molar-refractivity contribution in [2.24, 2.45) is 50.2 Å². The van der Waals surface area contributed by atoms with E-state index in [2.05, 4.69) is 59.4 Å². The Morgan fingerprint density at radius 1 is 0.784 bits per heavy atom. The van der Waals surface area contributed by atoms with Crippen LogP contribution in [0, 0.1) is 50.2 Å². The number of amides is 2. The summed E-state index contributed by atoms with van der Waals surface area (Å²) >= 11 is 0. The monoisotopic (exact) mass is 696 g/mol. The fourth-order valence-corrected chi connectivity index (χ4v) is 13.3. The lowest BCUT2D eigenvalue weighted by molar-refractivity contribution is -0.212. The lowest BCUT2D eigenvalue weighted by Gasteiger charge is -2.71. The Kier molecular flexibility index (Phi) is 9.02. The maximum Gasteiger partial charge on any atom is 0.302 e. The zero-order chi connectivity index (χ0) is 36.6. The number of fused-ring (bicyclic) bond motifs is 7. The van der Waals surface area contributed by atoms with Crippen LogP contribution >= 0.6 is 0 Å². The van der Waals surface area contributed by atoms with Crippen LogP contribution in [0.1, 0.15) is 125 Å². The second kappa shape index (κ2) is 12.6. The average Bonchev–Trinajstić information content (AvgIpc) is 3.08. The van der Waals surface area contributed by atoms with Gasteiger partial charge in [0, 0.05) is 44.6 Å². The molecular formula is C45H64N2O4. The van der Waals surface area contributed by atoms with Crippen molar-refractivity contribution < 1.29 is 19.1 Å². The number of carbonyl (C=O) groups excluding carboxylic acids is 3. The van der Waals surface area contributed by atoms with Crippen LogP contribution in [0.5, 0.6) is 0 Å². The summed E-state index contributed by atoms with van der Waals surface area (Å²) in [6.45, 7) is 21.3. The first-order valence-electron chi connectivity index (χ1n) is 20.2. The largest absolute Gasteiger partial charge is 0.462 e. The molecule has 51 heavy (non-hydrogen) atoms. The standard InChI is InChI=1S/C45H64N2O4/c1-31(48)51-37-19-20-42(6)35(41(37,4)5)18-21-44(8)36(42)16-15-33-34-30-40(2,3)22-24-45(34,25-23-43(33,44)7)39(50)47-28-26-46(27-29-47)38(49)17-14-32-12-10-9-11-13-32/h9-15,17,34-37H,16,18-30H2,1-8H3/b17-14+/t34-,35-,36+,37-,42-,43+,44+,45-/m0/s1. The first-order chi connectivity index (χ1) is 24.0. The number of nitrogens with zero attached hydrogens (tertiary/aromatic N) is 2. The molecule has 5 aliphatic carbocycles. The average molecular weight is 697 g/mol. The van der Waals surface area contributed by atoms with E-state index in [-0.39, 0.29) is 56.4 Å². The maximum absolute atomic E-state index is 15.0. The first-order valence-corrected chi connectivity index (χ1v) is 20.2. The van der Waals surface area contributed by atoms with Crippen LogP contribution in [0.15, 0.2) is 48.1 Å². The van der Waals surface area contributed by atoms with E-state index < -0.39 is 0 Å². The molecule has 278 valence electrons. The number of piperazine rings is 1. The van der Waals surface area contributed by atoms with Gasteiger partial charge >= 0.3 is 5.97 Å². The molecule has 1 heterocycles. The van der Waals surface area contributed by atoms with Crippen molar-refractivity contribution in [1.82, 2.24) is 9.80 Å². The van der Waals surface area contributed by atoms with Gasteiger partial charge in [-0.1, -0.05) is 90.4 Å². The third-order valence-corrected chi connectivity index (χ3v) is 16.4. The Balaban J connectivity index is 1.13. The van der Waals surface area contributed by atoms with Crippen LogP contribution < -0.4 is 0 Å². The molecule has 0 N–H and O–H groups in total. The highest BCUT2D eigenvalue weighted by molar-refractivity contribution is 5.92. The minimum absolute atomic E-state index is 0.0146. The number of hydrogen-bond donors (Lipinski definition) is 0. The van der Waals surface area contributed by atoms with Gasteiger partial charge in [0.2, 0.25) is 11.8 Å². The van der Waals surface area contributed by atoms with E-state index >= 15 is 4.79 Å². The van der Waals surface area contributed by atoms with E-state index in [9.17, 15) is 9.59 Å². The van der Waals surface area contributed by atoms with E-state index in [1.807, 2.05) is 41.3 Å². The van der Waals surface area contributed by atoms with Crippen molar-refractivity contribution in [3.63, 3.8) is 0 Å². The number of rotatable bonds is 4. The highest BCUT2D eigenvalue weighted by atomic mass is 16.5. The zero-order valence-electron chi connectivity index (χ0n) is 32.9. The van der Waals surface area contributed by atoms with Gasteiger partial charge in [-0.2, -0.15) is 0 Å². The predicted molar refractivity (Wildman–Crippen MR) is 203 cm³/mol. The lowest BCUT2D eigenvalue weighted by atomic mass is 9.33. The molecule has 1 aromatic rings. The van der Waals surface area contributed by atoms with Crippen LogP contribution in [0.25, 0.3) is 6.08 Å². The molecule has 2 amide bonds. The SMILES string of the molecule is CC(=O)O[C@H]1CC[C@]2(C)[C@H]3CC=C4[C@@H]5CC(C)(C)CC[C@]5(C(=O)N5CCN(C(=O)/C=C/c6ccccc6)CC5)CC[C@@]4(C)[C@]3(C)CC[C@H]2C1(C)C. The molecular weight excluding hydrogens is 633 g/mol. The summed E-state index contributed by atoms with van der Waals surface area (Å²) in [6, 6.07) is 9.95. The normalized spacial score (nSPS) is 39.9. The number of esters is 1. The van der Waals surface area contributed by atoms with Gasteiger partial charge in [-0.3, -0.25) is 14.4 Å². The molecule has 6 aliphatic rings. The van der Waals surface area contributed by atoms with E-state index in [0.29, 0.717) is 43.9 Å². The number of allylic oxidation sites excluding steroid dienone is 2. The van der Waals surface area contributed by atoms with Gasteiger partial charge in [-0.25, -0.2) is 0 Å². The number of benzene rings is 1. The Morgan fingerprint density at radius 3 is 2.14 bits per heavy atom. The molecule has 5 fully saturated rings. The number of carbonyl (C=O) groups is 3. The summed E-state index contributed by atoms with van der Waals surface area (Å²) in [5.74, 6) is 1.56. The summed E-state index contributed by atoms with van der Waals surface area (Å²) in [5.41, 5.74) is 2.80. The Labute approximate surface area is 307 Å². The van der Waals surface area contributed by atoms with Crippen molar-refractivity contribution in [2.75, 3.05) is 26.2 Å². The highest BCUT2D eigenvalue weighted by Crippen LogP contribution is 2.76. The lowest BCUT2D eigenvalue weighted by Crippen LogP contribution is -2.66. The first kappa shape index (κ1) is 36.5.